The second kappa shape index (κ2) is 5.61. The van der Waals surface area contributed by atoms with Crippen LogP contribution < -0.4 is 0 Å². The summed E-state index contributed by atoms with van der Waals surface area (Å²) in [6.07, 6.45) is 1.87. The van der Waals surface area contributed by atoms with Crippen LogP contribution in [-0.2, 0) is 17.0 Å². The molecular formula is C10H10N2O2S3. The van der Waals surface area contributed by atoms with E-state index in [0.717, 1.165) is 15.1 Å². The lowest BCUT2D eigenvalue weighted by atomic mass is 10.3. The molecule has 0 atom stereocenters. The summed E-state index contributed by atoms with van der Waals surface area (Å²) >= 11 is 4.79. The number of thioether (sulfide) groups is 1. The first-order chi connectivity index (χ1) is 8.13. The van der Waals surface area contributed by atoms with E-state index in [-0.39, 0.29) is 6.42 Å². The van der Waals surface area contributed by atoms with Gasteiger partial charge in [0, 0.05) is 22.2 Å². The van der Waals surface area contributed by atoms with Gasteiger partial charge in [-0.15, -0.1) is 22.7 Å². The van der Waals surface area contributed by atoms with Gasteiger partial charge < -0.3 is 5.11 Å². The first kappa shape index (κ1) is 12.5. The number of thiazole rings is 2. The third kappa shape index (κ3) is 3.79. The van der Waals surface area contributed by atoms with Crippen molar-refractivity contribution in [3.63, 3.8) is 0 Å². The highest BCUT2D eigenvalue weighted by Gasteiger charge is 2.07. The molecule has 0 amide bonds. The minimum absolute atomic E-state index is 0.00325. The lowest BCUT2D eigenvalue weighted by Gasteiger charge is -1.92. The fraction of sp³-hybridized carbons (Fsp3) is 0.300. The monoisotopic (exact) mass is 286 g/mol. The Morgan fingerprint density at radius 2 is 2.41 bits per heavy atom. The van der Waals surface area contributed by atoms with Crippen molar-refractivity contribution in [2.75, 3.05) is 0 Å². The fourth-order valence-electron chi connectivity index (χ4n) is 1.20. The van der Waals surface area contributed by atoms with E-state index in [1.807, 2.05) is 13.1 Å². The summed E-state index contributed by atoms with van der Waals surface area (Å²) in [6, 6.07) is 0. The first-order valence-corrected chi connectivity index (χ1v) is 7.52. The Morgan fingerprint density at radius 3 is 3.06 bits per heavy atom. The molecule has 1 N–H and O–H groups in total. The lowest BCUT2D eigenvalue weighted by Crippen LogP contribution is -1.99. The second-order valence-electron chi connectivity index (χ2n) is 3.31. The van der Waals surface area contributed by atoms with Crippen molar-refractivity contribution in [3.8, 4) is 0 Å². The average Bonchev–Trinajstić information content (AvgIpc) is 2.84. The van der Waals surface area contributed by atoms with E-state index in [2.05, 4.69) is 9.97 Å². The molecule has 0 bridgehead atoms. The van der Waals surface area contributed by atoms with Crippen molar-refractivity contribution in [1.82, 2.24) is 9.97 Å². The van der Waals surface area contributed by atoms with E-state index in [9.17, 15) is 4.79 Å². The minimum Gasteiger partial charge on any atom is -0.481 e. The molecule has 0 saturated heterocycles. The summed E-state index contributed by atoms with van der Waals surface area (Å²) in [5.74, 6) is -0.00384. The Labute approximate surface area is 111 Å². The Morgan fingerprint density at radius 1 is 1.59 bits per heavy atom. The summed E-state index contributed by atoms with van der Waals surface area (Å²) in [5, 5.41) is 11.5. The Hall–Kier alpha value is -0.920. The third-order valence-corrected chi connectivity index (χ3v) is 5.08. The number of rotatable bonds is 5. The maximum absolute atomic E-state index is 10.5. The summed E-state index contributed by atoms with van der Waals surface area (Å²) in [7, 11) is 0. The zero-order valence-corrected chi connectivity index (χ0v) is 11.5. The molecule has 0 saturated carbocycles. The molecule has 0 unspecified atom stereocenters. The molecule has 90 valence electrons. The van der Waals surface area contributed by atoms with Crippen LogP contribution in [0.4, 0.5) is 0 Å². The minimum atomic E-state index is -0.843. The third-order valence-electron chi connectivity index (χ3n) is 1.87. The van der Waals surface area contributed by atoms with Crippen LogP contribution in [0.1, 0.15) is 15.6 Å². The van der Waals surface area contributed by atoms with E-state index in [1.165, 1.54) is 16.2 Å². The highest BCUT2D eigenvalue weighted by atomic mass is 32.2. The molecule has 4 nitrogen and oxygen atoms in total. The van der Waals surface area contributed by atoms with Gasteiger partial charge in [-0.05, 0) is 6.92 Å². The van der Waals surface area contributed by atoms with E-state index in [1.54, 1.807) is 28.5 Å². The van der Waals surface area contributed by atoms with Gasteiger partial charge in [-0.3, -0.25) is 4.79 Å². The number of nitrogens with zero attached hydrogens (tertiary/aromatic N) is 2. The zero-order valence-electron chi connectivity index (χ0n) is 9.04. The molecule has 0 aliphatic rings. The van der Waals surface area contributed by atoms with Gasteiger partial charge >= 0.3 is 5.97 Å². The molecule has 0 aliphatic heterocycles. The van der Waals surface area contributed by atoms with Crippen LogP contribution in [0.15, 0.2) is 15.9 Å². The SMILES string of the molecule is Cc1ncc(CSc2nc(CC(=O)O)cs2)s1. The van der Waals surface area contributed by atoms with E-state index >= 15 is 0 Å². The van der Waals surface area contributed by atoms with Gasteiger partial charge in [0.15, 0.2) is 0 Å². The van der Waals surface area contributed by atoms with Gasteiger partial charge in [0.05, 0.1) is 17.1 Å². The maximum Gasteiger partial charge on any atom is 0.309 e. The Kier molecular flexibility index (Phi) is 4.14. The molecule has 0 radical (unpaired) electrons. The van der Waals surface area contributed by atoms with Gasteiger partial charge in [0.2, 0.25) is 0 Å². The fourth-order valence-corrected chi connectivity index (χ4v) is 3.86. The number of aliphatic carboxylic acids is 1. The maximum atomic E-state index is 10.5. The number of carboxylic acid groups (broad SMARTS) is 1. The van der Waals surface area contributed by atoms with Crippen LogP contribution in [-0.4, -0.2) is 21.0 Å². The Balaban J connectivity index is 1.91. The number of aromatic nitrogens is 2. The highest BCUT2D eigenvalue weighted by Crippen LogP contribution is 2.28. The lowest BCUT2D eigenvalue weighted by molar-refractivity contribution is -0.136. The molecule has 0 spiro atoms. The zero-order chi connectivity index (χ0) is 12.3. The number of carbonyl (C=O) groups is 1. The van der Waals surface area contributed by atoms with Crippen LogP contribution in [0.5, 0.6) is 0 Å². The van der Waals surface area contributed by atoms with E-state index in [4.69, 9.17) is 5.11 Å². The van der Waals surface area contributed by atoms with Crippen LogP contribution >= 0.6 is 34.4 Å². The largest absolute Gasteiger partial charge is 0.481 e. The quantitative estimate of drug-likeness (QED) is 0.856. The van der Waals surface area contributed by atoms with E-state index in [0.29, 0.717) is 5.69 Å². The molecule has 0 aliphatic carbocycles. The molecule has 0 fully saturated rings. The molecule has 0 aromatic carbocycles. The summed E-state index contributed by atoms with van der Waals surface area (Å²) in [4.78, 5) is 20.2. The van der Waals surface area contributed by atoms with Crippen LogP contribution in [0.3, 0.4) is 0 Å². The van der Waals surface area contributed by atoms with Crippen molar-refractivity contribution >= 4 is 40.4 Å². The normalized spacial score (nSPS) is 10.6. The van der Waals surface area contributed by atoms with Gasteiger partial charge in [-0.2, -0.15) is 0 Å². The van der Waals surface area contributed by atoms with Crippen molar-refractivity contribution in [1.29, 1.82) is 0 Å². The van der Waals surface area contributed by atoms with Crippen molar-refractivity contribution in [2.24, 2.45) is 0 Å². The van der Waals surface area contributed by atoms with Crippen molar-refractivity contribution in [2.45, 2.75) is 23.4 Å². The van der Waals surface area contributed by atoms with Crippen LogP contribution in [0.2, 0.25) is 0 Å². The van der Waals surface area contributed by atoms with Gasteiger partial charge in [0.25, 0.3) is 0 Å². The smallest absolute Gasteiger partial charge is 0.309 e. The van der Waals surface area contributed by atoms with Gasteiger partial charge in [0.1, 0.15) is 4.34 Å². The number of carboxylic acids is 1. The van der Waals surface area contributed by atoms with E-state index < -0.39 is 5.97 Å². The van der Waals surface area contributed by atoms with Crippen LogP contribution in [0.25, 0.3) is 0 Å². The van der Waals surface area contributed by atoms with Gasteiger partial charge in [-0.1, -0.05) is 11.8 Å². The van der Waals surface area contributed by atoms with Crippen molar-refractivity contribution < 1.29 is 9.90 Å². The van der Waals surface area contributed by atoms with Gasteiger partial charge in [-0.25, -0.2) is 9.97 Å². The van der Waals surface area contributed by atoms with Crippen molar-refractivity contribution in [3.05, 3.63) is 27.2 Å². The predicted molar refractivity (Wildman–Crippen MR) is 69.9 cm³/mol. The second-order valence-corrected chi connectivity index (χ2v) is 6.71. The van der Waals surface area contributed by atoms with Crippen LogP contribution in [0, 0.1) is 6.92 Å². The number of aryl methyl sites for hydroxylation is 1. The summed E-state index contributed by atoms with van der Waals surface area (Å²) < 4.78 is 0.910. The summed E-state index contributed by atoms with van der Waals surface area (Å²) in [6.45, 7) is 1.98. The standard InChI is InChI=1S/C10H10N2O2S3/c1-6-11-3-8(17-6)5-16-10-12-7(4-15-10)2-9(13)14/h3-4H,2,5H2,1H3,(H,13,14). The average molecular weight is 286 g/mol. The molecule has 2 aromatic heterocycles. The molecule has 2 heterocycles. The topological polar surface area (TPSA) is 63.1 Å². The molecular weight excluding hydrogens is 276 g/mol. The molecule has 2 rings (SSSR count). The molecule has 17 heavy (non-hydrogen) atoms. The number of hydrogen-bond donors (Lipinski definition) is 1. The first-order valence-electron chi connectivity index (χ1n) is 4.84. The predicted octanol–water partition coefficient (Wildman–Crippen LogP) is 2.83. The molecule has 7 heteroatoms. The molecule has 2 aromatic rings. The Bertz CT molecular complexity index is 521. The number of hydrogen-bond acceptors (Lipinski definition) is 6. The highest BCUT2D eigenvalue weighted by molar-refractivity contribution is 8.00. The summed E-state index contributed by atoms with van der Waals surface area (Å²) in [5.41, 5.74) is 0.630.